The van der Waals surface area contributed by atoms with Gasteiger partial charge in [-0.15, -0.1) is 0 Å². The predicted octanol–water partition coefficient (Wildman–Crippen LogP) is 3.82. The van der Waals surface area contributed by atoms with Crippen molar-refractivity contribution < 1.29 is 9.53 Å². The van der Waals surface area contributed by atoms with Crippen molar-refractivity contribution in [2.75, 3.05) is 18.7 Å². The SMILES string of the molecule is COCC1N(C(C)C)C(=O)c2c(C)c(=O)ccn2N1C1c2ccccc2CCc2ccccc21. The summed E-state index contributed by atoms with van der Waals surface area (Å²) in [4.78, 5) is 28.3. The minimum Gasteiger partial charge on any atom is -0.381 e. The van der Waals surface area contributed by atoms with E-state index in [1.54, 1.807) is 26.3 Å². The molecule has 2 aromatic carbocycles. The number of pyridine rings is 1. The van der Waals surface area contributed by atoms with Gasteiger partial charge < -0.3 is 9.64 Å². The Morgan fingerprint density at radius 2 is 1.53 bits per heavy atom. The van der Waals surface area contributed by atoms with Gasteiger partial charge >= 0.3 is 0 Å². The Hall–Kier alpha value is -3.38. The highest BCUT2D eigenvalue weighted by molar-refractivity contribution is 5.95. The monoisotopic (exact) mass is 457 g/mol. The third-order valence-corrected chi connectivity index (χ3v) is 7.13. The molecule has 0 N–H and O–H groups in total. The van der Waals surface area contributed by atoms with E-state index in [2.05, 4.69) is 53.5 Å². The summed E-state index contributed by atoms with van der Waals surface area (Å²) in [6, 6.07) is 18.5. The van der Waals surface area contributed by atoms with Gasteiger partial charge in [0.1, 0.15) is 11.9 Å². The van der Waals surface area contributed by atoms with Crippen molar-refractivity contribution in [2.45, 2.75) is 51.9 Å². The van der Waals surface area contributed by atoms with Crippen LogP contribution < -0.4 is 10.4 Å². The van der Waals surface area contributed by atoms with Gasteiger partial charge in [0.05, 0.1) is 12.6 Å². The largest absolute Gasteiger partial charge is 0.381 e. The van der Waals surface area contributed by atoms with E-state index in [-0.39, 0.29) is 29.6 Å². The number of aromatic nitrogens is 1. The number of fused-ring (bicyclic) bond motifs is 3. The van der Waals surface area contributed by atoms with Gasteiger partial charge in [-0.25, -0.2) is 0 Å². The molecular formula is C28H31N3O3. The van der Waals surface area contributed by atoms with Crippen LogP contribution in [-0.2, 0) is 17.6 Å². The molecule has 1 aliphatic carbocycles. The van der Waals surface area contributed by atoms with E-state index in [1.165, 1.54) is 22.3 Å². The lowest BCUT2D eigenvalue weighted by Gasteiger charge is -2.51. The topological polar surface area (TPSA) is 54.8 Å². The zero-order valence-corrected chi connectivity index (χ0v) is 20.2. The number of methoxy groups -OCH3 is 1. The van der Waals surface area contributed by atoms with Crippen molar-refractivity contribution in [3.63, 3.8) is 0 Å². The molecular weight excluding hydrogens is 426 g/mol. The van der Waals surface area contributed by atoms with Crippen LogP contribution in [0.2, 0.25) is 0 Å². The van der Waals surface area contributed by atoms with Crippen LogP contribution in [0.15, 0.2) is 65.6 Å². The first-order valence-electron chi connectivity index (χ1n) is 11.9. The van der Waals surface area contributed by atoms with Gasteiger partial charge in [0.2, 0.25) is 0 Å². The van der Waals surface area contributed by atoms with Crippen LogP contribution in [0.5, 0.6) is 0 Å². The Balaban J connectivity index is 1.85. The first kappa shape index (κ1) is 22.4. The summed E-state index contributed by atoms with van der Waals surface area (Å²) in [5, 5.41) is 2.25. The van der Waals surface area contributed by atoms with Crippen LogP contribution in [0.3, 0.4) is 0 Å². The van der Waals surface area contributed by atoms with Crippen LogP contribution in [0, 0.1) is 6.92 Å². The summed E-state index contributed by atoms with van der Waals surface area (Å²) in [7, 11) is 1.67. The number of carbonyl (C=O) groups excluding carboxylic acids is 1. The molecule has 0 saturated heterocycles. The highest BCUT2D eigenvalue weighted by Crippen LogP contribution is 2.39. The van der Waals surface area contributed by atoms with Crippen molar-refractivity contribution in [2.24, 2.45) is 0 Å². The number of hydrogen-bond acceptors (Lipinski definition) is 4. The van der Waals surface area contributed by atoms with E-state index in [0.717, 1.165) is 12.8 Å². The zero-order chi connectivity index (χ0) is 24.0. The predicted molar refractivity (Wildman–Crippen MR) is 133 cm³/mol. The molecule has 1 aliphatic heterocycles. The standard InChI is InChI=1S/C28H31N3O3/c1-18(2)30-25(17-34-4)31(29-16-15-24(32)19(3)26(29)28(30)33)27-22-11-7-5-9-20(22)13-14-21-10-6-8-12-23(21)27/h5-12,15-16,18,25,27H,13-14,17H2,1-4H3. The maximum atomic E-state index is 13.8. The molecule has 1 unspecified atom stereocenters. The molecule has 6 heteroatoms. The van der Waals surface area contributed by atoms with Crippen LogP contribution in [0.1, 0.15) is 58.2 Å². The van der Waals surface area contributed by atoms with E-state index in [1.807, 2.05) is 23.4 Å². The molecule has 34 heavy (non-hydrogen) atoms. The Kier molecular flexibility index (Phi) is 5.78. The van der Waals surface area contributed by atoms with Crippen molar-refractivity contribution in [3.8, 4) is 0 Å². The van der Waals surface area contributed by atoms with Crippen LogP contribution in [-0.4, -0.2) is 41.4 Å². The van der Waals surface area contributed by atoms with Crippen molar-refractivity contribution >= 4 is 5.91 Å². The Bertz CT molecular complexity index is 1250. The summed E-state index contributed by atoms with van der Waals surface area (Å²) in [6.07, 6.45) is 3.31. The third-order valence-electron chi connectivity index (χ3n) is 7.13. The first-order chi connectivity index (χ1) is 16.4. The average Bonchev–Trinajstić information content (AvgIpc) is 2.99. The molecule has 5 rings (SSSR count). The van der Waals surface area contributed by atoms with E-state index in [9.17, 15) is 9.59 Å². The molecule has 0 spiro atoms. The second-order valence-corrected chi connectivity index (χ2v) is 9.42. The number of rotatable bonds is 4. The number of hydrogen-bond donors (Lipinski definition) is 0. The smallest absolute Gasteiger partial charge is 0.274 e. The van der Waals surface area contributed by atoms with E-state index in [4.69, 9.17) is 4.74 Å². The zero-order valence-electron chi connectivity index (χ0n) is 20.2. The molecule has 176 valence electrons. The number of carbonyl (C=O) groups is 1. The molecule has 1 atom stereocenters. The molecule has 0 saturated carbocycles. The molecule has 3 aromatic rings. The molecule has 0 bridgehead atoms. The van der Waals surface area contributed by atoms with Crippen molar-refractivity contribution in [3.05, 3.63) is 105 Å². The highest BCUT2D eigenvalue weighted by Gasteiger charge is 2.44. The summed E-state index contributed by atoms with van der Waals surface area (Å²) in [5.74, 6) is -0.140. The fourth-order valence-corrected chi connectivity index (χ4v) is 5.57. The maximum absolute atomic E-state index is 13.8. The Morgan fingerprint density at radius 1 is 0.941 bits per heavy atom. The number of amides is 1. The van der Waals surface area contributed by atoms with Crippen molar-refractivity contribution in [1.29, 1.82) is 0 Å². The van der Waals surface area contributed by atoms with Gasteiger partial charge in [0.25, 0.3) is 5.91 Å². The van der Waals surface area contributed by atoms with Crippen LogP contribution in [0.25, 0.3) is 0 Å². The average molecular weight is 458 g/mol. The van der Waals surface area contributed by atoms with Gasteiger partial charge in [-0.2, -0.15) is 0 Å². The number of benzene rings is 2. The lowest BCUT2D eigenvalue weighted by atomic mass is 9.93. The van der Waals surface area contributed by atoms with Gasteiger partial charge in [0.15, 0.2) is 5.43 Å². The molecule has 2 heterocycles. The van der Waals surface area contributed by atoms with Gasteiger partial charge in [0, 0.05) is 31.0 Å². The fraction of sp³-hybridized carbons (Fsp3) is 0.357. The second-order valence-electron chi connectivity index (χ2n) is 9.42. The maximum Gasteiger partial charge on any atom is 0.274 e. The van der Waals surface area contributed by atoms with Gasteiger partial charge in [-0.1, -0.05) is 48.5 Å². The van der Waals surface area contributed by atoms with Gasteiger partial charge in [-0.3, -0.25) is 19.3 Å². The molecule has 1 amide bonds. The highest BCUT2D eigenvalue weighted by atomic mass is 16.5. The van der Waals surface area contributed by atoms with E-state index < -0.39 is 0 Å². The molecule has 6 nitrogen and oxygen atoms in total. The van der Waals surface area contributed by atoms with Crippen molar-refractivity contribution in [1.82, 2.24) is 9.58 Å². The van der Waals surface area contributed by atoms with Crippen LogP contribution in [0.4, 0.5) is 0 Å². The second kappa shape index (κ2) is 8.76. The minimum absolute atomic E-state index is 0.0742. The number of aryl methyl sites for hydroxylation is 2. The lowest BCUT2D eigenvalue weighted by Crippen LogP contribution is -2.65. The molecule has 2 aliphatic rings. The summed E-state index contributed by atoms with van der Waals surface area (Å²) < 4.78 is 7.60. The minimum atomic E-state index is -0.351. The lowest BCUT2D eigenvalue weighted by molar-refractivity contribution is 0.0253. The third kappa shape index (κ3) is 3.44. The number of nitrogens with zero attached hydrogens (tertiary/aromatic N) is 3. The Morgan fingerprint density at radius 3 is 2.09 bits per heavy atom. The van der Waals surface area contributed by atoms with E-state index in [0.29, 0.717) is 17.9 Å². The van der Waals surface area contributed by atoms with E-state index >= 15 is 0 Å². The summed E-state index contributed by atoms with van der Waals surface area (Å²) in [6.45, 7) is 6.11. The molecule has 0 fully saturated rings. The molecule has 0 radical (unpaired) electrons. The normalized spacial score (nSPS) is 17.9. The van der Waals surface area contributed by atoms with Gasteiger partial charge in [-0.05, 0) is 55.9 Å². The Labute approximate surface area is 200 Å². The quantitative estimate of drug-likeness (QED) is 0.598. The number of ether oxygens (including phenoxy) is 1. The van der Waals surface area contributed by atoms with Crippen LogP contribution >= 0.6 is 0 Å². The first-order valence-corrected chi connectivity index (χ1v) is 11.9. The molecule has 1 aromatic heterocycles. The summed E-state index contributed by atoms with van der Waals surface area (Å²) >= 11 is 0. The fourth-order valence-electron chi connectivity index (χ4n) is 5.57. The summed E-state index contributed by atoms with van der Waals surface area (Å²) in [5.41, 5.74) is 5.79.